The van der Waals surface area contributed by atoms with Gasteiger partial charge in [-0.3, -0.25) is 4.79 Å². The molecule has 3 heterocycles. The van der Waals surface area contributed by atoms with Crippen molar-refractivity contribution >= 4 is 17.2 Å². The van der Waals surface area contributed by atoms with E-state index < -0.39 is 0 Å². The molecule has 7 heteroatoms. The Hall–Kier alpha value is -3.74. The average Bonchev–Trinajstić information content (AvgIpc) is 3.19. The molecule has 1 atom stereocenters. The molecule has 1 saturated heterocycles. The topological polar surface area (TPSA) is 73.1 Å². The van der Waals surface area contributed by atoms with Gasteiger partial charge in [-0.25, -0.2) is 15.0 Å². The van der Waals surface area contributed by atoms with E-state index in [1.807, 2.05) is 78.0 Å². The third-order valence-corrected chi connectivity index (χ3v) is 6.21. The first-order chi connectivity index (χ1) is 16.1. The minimum Gasteiger partial charge on any atom is -0.493 e. The number of aryl methyl sites for hydroxylation is 2. The predicted molar refractivity (Wildman–Crippen MR) is 127 cm³/mol. The summed E-state index contributed by atoms with van der Waals surface area (Å²) in [5.74, 6) is 1.89. The summed E-state index contributed by atoms with van der Waals surface area (Å²) >= 11 is 0. The predicted octanol–water partition coefficient (Wildman–Crippen LogP) is 4.27. The van der Waals surface area contributed by atoms with Crippen LogP contribution in [0.5, 0.6) is 5.75 Å². The number of piperidine rings is 1. The number of amides is 1. The molecular formula is C26H27N5O2. The summed E-state index contributed by atoms with van der Waals surface area (Å²) in [7, 11) is 1.90. The van der Waals surface area contributed by atoms with Gasteiger partial charge in [0.2, 0.25) is 0 Å². The van der Waals surface area contributed by atoms with Gasteiger partial charge in [-0.2, -0.15) is 0 Å². The maximum Gasteiger partial charge on any atom is 0.274 e. The maximum atomic E-state index is 13.3. The lowest BCUT2D eigenvalue weighted by atomic mass is 9.98. The second-order valence-corrected chi connectivity index (χ2v) is 8.60. The molecule has 5 rings (SSSR count). The monoisotopic (exact) mass is 441 g/mol. The van der Waals surface area contributed by atoms with Crippen LogP contribution in [0.1, 0.15) is 28.9 Å². The lowest BCUT2D eigenvalue weighted by molar-refractivity contribution is 0.0627. The second-order valence-electron chi connectivity index (χ2n) is 8.60. The highest BCUT2D eigenvalue weighted by molar-refractivity contribution is 5.93. The van der Waals surface area contributed by atoms with Gasteiger partial charge < -0.3 is 14.2 Å². The Bertz CT molecular complexity index is 1280. The zero-order valence-electron chi connectivity index (χ0n) is 18.9. The Kier molecular flexibility index (Phi) is 5.77. The van der Waals surface area contributed by atoms with Crippen LogP contribution in [0, 0.1) is 12.8 Å². The van der Waals surface area contributed by atoms with E-state index in [-0.39, 0.29) is 5.91 Å². The van der Waals surface area contributed by atoms with Gasteiger partial charge in [0.05, 0.1) is 12.8 Å². The number of imidazole rings is 1. The van der Waals surface area contributed by atoms with E-state index in [4.69, 9.17) is 4.74 Å². The maximum absolute atomic E-state index is 13.3. The number of benzene rings is 2. The number of likely N-dealkylation sites (tertiary alicyclic amines) is 1. The fourth-order valence-corrected chi connectivity index (χ4v) is 4.37. The highest BCUT2D eigenvalue weighted by atomic mass is 16.5. The van der Waals surface area contributed by atoms with Crippen molar-refractivity contribution in [1.29, 1.82) is 0 Å². The first kappa shape index (κ1) is 21.1. The molecule has 168 valence electrons. The zero-order chi connectivity index (χ0) is 22.8. The standard InChI is InChI=1S/C26H27N5O2/c1-18-9-6-7-13-22(18)33-17-19-10-8-14-31(16-19)26(32)21-15-27-23-25(28-21)30(2)24(29-23)20-11-4-3-5-12-20/h3-7,9,11-13,15,19H,8,10,14,16-17H2,1-2H3. The third kappa shape index (κ3) is 4.31. The Morgan fingerprint density at radius 1 is 1.09 bits per heavy atom. The van der Waals surface area contributed by atoms with Crippen LogP contribution in [0.2, 0.25) is 0 Å². The summed E-state index contributed by atoms with van der Waals surface area (Å²) in [6, 6.07) is 17.9. The normalized spacial score (nSPS) is 16.2. The number of carbonyl (C=O) groups is 1. The van der Waals surface area contributed by atoms with Crippen LogP contribution < -0.4 is 4.74 Å². The van der Waals surface area contributed by atoms with Gasteiger partial charge in [-0.05, 0) is 31.4 Å². The number of hydrogen-bond donors (Lipinski definition) is 0. The van der Waals surface area contributed by atoms with Gasteiger partial charge in [0.1, 0.15) is 17.3 Å². The van der Waals surface area contributed by atoms with Crippen LogP contribution in [-0.2, 0) is 7.05 Å². The van der Waals surface area contributed by atoms with Crippen molar-refractivity contribution in [3.63, 3.8) is 0 Å². The lowest BCUT2D eigenvalue weighted by Crippen LogP contribution is -2.42. The highest BCUT2D eigenvalue weighted by Crippen LogP contribution is 2.24. The van der Waals surface area contributed by atoms with E-state index in [1.54, 1.807) is 6.20 Å². The second kappa shape index (κ2) is 9.02. The largest absolute Gasteiger partial charge is 0.493 e. The molecule has 0 spiro atoms. The van der Waals surface area contributed by atoms with Crippen molar-refractivity contribution in [2.75, 3.05) is 19.7 Å². The van der Waals surface area contributed by atoms with Gasteiger partial charge in [0.15, 0.2) is 11.3 Å². The van der Waals surface area contributed by atoms with Crippen molar-refractivity contribution in [2.24, 2.45) is 13.0 Å². The number of fused-ring (bicyclic) bond motifs is 1. The molecule has 33 heavy (non-hydrogen) atoms. The quantitative estimate of drug-likeness (QED) is 0.462. The van der Waals surface area contributed by atoms with Crippen LogP contribution in [0.15, 0.2) is 60.8 Å². The van der Waals surface area contributed by atoms with Gasteiger partial charge in [-0.1, -0.05) is 48.5 Å². The number of nitrogens with zero attached hydrogens (tertiary/aromatic N) is 5. The molecule has 1 aliphatic heterocycles. The minimum atomic E-state index is -0.0903. The molecule has 2 aromatic heterocycles. The van der Waals surface area contributed by atoms with Crippen molar-refractivity contribution in [1.82, 2.24) is 24.4 Å². The number of para-hydroxylation sites is 1. The molecule has 0 bridgehead atoms. The molecule has 7 nitrogen and oxygen atoms in total. The van der Waals surface area contributed by atoms with Gasteiger partial charge in [-0.15, -0.1) is 0 Å². The number of hydrogen-bond acceptors (Lipinski definition) is 5. The third-order valence-electron chi connectivity index (χ3n) is 6.21. The number of ether oxygens (including phenoxy) is 1. The first-order valence-corrected chi connectivity index (χ1v) is 11.3. The van der Waals surface area contributed by atoms with E-state index in [2.05, 4.69) is 15.0 Å². The number of rotatable bonds is 5. The Labute approximate surface area is 193 Å². The van der Waals surface area contributed by atoms with Crippen LogP contribution >= 0.6 is 0 Å². The number of aromatic nitrogens is 4. The molecule has 1 aliphatic rings. The van der Waals surface area contributed by atoms with Crippen LogP contribution in [0.3, 0.4) is 0 Å². The van der Waals surface area contributed by atoms with Gasteiger partial charge in [0.25, 0.3) is 5.91 Å². The van der Waals surface area contributed by atoms with E-state index in [0.717, 1.165) is 42.1 Å². The van der Waals surface area contributed by atoms with Crippen molar-refractivity contribution in [2.45, 2.75) is 19.8 Å². The average molecular weight is 442 g/mol. The Balaban J connectivity index is 1.31. The van der Waals surface area contributed by atoms with Crippen molar-refractivity contribution in [3.8, 4) is 17.1 Å². The Morgan fingerprint density at radius 2 is 1.88 bits per heavy atom. The summed E-state index contributed by atoms with van der Waals surface area (Å²) in [4.78, 5) is 28.8. The van der Waals surface area contributed by atoms with E-state index in [1.165, 1.54) is 0 Å². The molecule has 2 aromatic carbocycles. The van der Waals surface area contributed by atoms with Gasteiger partial charge in [0, 0.05) is 31.6 Å². The smallest absolute Gasteiger partial charge is 0.274 e. The Morgan fingerprint density at radius 3 is 2.70 bits per heavy atom. The fraction of sp³-hybridized carbons (Fsp3) is 0.308. The van der Waals surface area contributed by atoms with E-state index in [9.17, 15) is 4.79 Å². The van der Waals surface area contributed by atoms with Crippen LogP contribution in [-0.4, -0.2) is 50.0 Å². The molecular weight excluding hydrogens is 414 g/mol. The molecule has 4 aromatic rings. The highest BCUT2D eigenvalue weighted by Gasteiger charge is 2.27. The fourth-order valence-electron chi connectivity index (χ4n) is 4.37. The summed E-state index contributed by atoms with van der Waals surface area (Å²) in [6.45, 7) is 4.02. The summed E-state index contributed by atoms with van der Waals surface area (Å²) in [5.41, 5.74) is 3.61. The van der Waals surface area contributed by atoms with Crippen molar-refractivity contribution in [3.05, 3.63) is 72.1 Å². The molecule has 1 unspecified atom stereocenters. The SMILES string of the molecule is Cc1ccccc1OCC1CCCN(C(=O)c2cnc3nc(-c4ccccc4)n(C)c3n2)C1. The molecule has 0 saturated carbocycles. The van der Waals surface area contributed by atoms with Crippen LogP contribution in [0.4, 0.5) is 0 Å². The molecule has 1 amide bonds. The lowest BCUT2D eigenvalue weighted by Gasteiger charge is -2.32. The molecule has 0 N–H and O–H groups in total. The van der Waals surface area contributed by atoms with Crippen molar-refractivity contribution < 1.29 is 9.53 Å². The first-order valence-electron chi connectivity index (χ1n) is 11.3. The molecule has 0 aliphatic carbocycles. The summed E-state index contributed by atoms with van der Waals surface area (Å²) in [5, 5.41) is 0. The summed E-state index contributed by atoms with van der Waals surface area (Å²) < 4.78 is 7.94. The zero-order valence-corrected chi connectivity index (χ0v) is 18.9. The minimum absolute atomic E-state index is 0.0903. The van der Waals surface area contributed by atoms with E-state index >= 15 is 0 Å². The number of carbonyl (C=O) groups excluding carboxylic acids is 1. The summed E-state index contributed by atoms with van der Waals surface area (Å²) in [6.07, 6.45) is 3.54. The van der Waals surface area contributed by atoms with Crippen LogP contribution in [0.25, 0.3) is 22.7 Å². The van der Waals surface area contributed by atoms with E-state index in [0.29, 0.717) is 36.1 Å². The molecule has 1 fully saturated rings. The van der Waals surface area contributed by atoms with Gasteiger partial charge >= 0.3 is 0 Å². The molecule has 0 radical (unpaired) electrons.